The van der Waals surface area contributed by atoms with Gasteiger partial charge in [0.1, 0.15) is 17.1 Å². The number of nitrogens with one attached hydrogen (secondary N) is 1. The maximum absolute atomic E-state index is 12.5. The van der Waals surface area contributed by atoms with Gasteiger partial charge in [-0.05, 0) is 33.8 Å². The summed E-state index contributed by atoms with van der Waals surface area (Å²) in [5, 5.41) is 2.98. The van der Waals surface area contributed by atoms with E-state index >= 15 is 0 Å². The number of aryl methyl sites for hydroxylation is 2. The zero-order valence-electron chi connectivity index (χ0n) is 14.3. The number of carbonyl (C=O) groups is 1. The number of carbonyl (C=O) groups excluding carboxylic acids is 1. The summed E-state index contributed by atoms with van der Waals surface area (Å²) in [7, 11) is 0. The Labute approximate surface area is 140 Å². The van der Waals surface area contributed by atoms with Gasteiger partial charge in [-0.15, -0.1) is 0 Å². The van der Waals surface area contributed by atoms with Gasteiger partial charge < -0.3 is 14.5 Å². The quantitative estimate of drug-likeness (QED) is 0.919. The van der Waals surface area contributed by atoms with Crippen molar-refractivity contribution in [1.29, 1.82) is 0 Å². The normalized spacial score (nSPS) is 18.4. The molecule has 0 aliphatic carbocycles. The van der Waals surface area contributed by atoms with Crippen LogP contribution in [0.4, 0.5) is 0 Å². The van der Waals surface area contributed by atoms with Crippen LogP contribution in [0, 0.1) is 13.8 Å². The van der Waals surface area contributed by atoms with Crippen molar-refractivity contribution in [2.24, 2.45) is 0 Å². The topological polar surface area (TPSA) is 68.5 Å². The van der Waals surface area contributed by atoms with E-state index in [1.165, 1.54) is 12.1 Å². The van der Waals surface area contributed by atoms with Crippen molar-refractivity contribution in [2.45, 2.75) is 45.8 Å². The third kappa shape index (κ3) is 3.35. The number of amides is 1. The molecule has 0 spiro atoms. The number of ether oxygens (including phenoxy) is 1. The van der Waals surface area contributed by atoms with E-state index in [4.69, 9.17) is 9.15 Å². The molecule has 126 valence electrons. The molecule has 1 N–H and O–H groups in total. The third-order valence-corrected chi connectivity index (χ3v) is 4.04. The molecule has 1 aromatic heterocycles. The van der Waals surface area contributed by atoms with Gasteiger partial charge in [-0.1, -0.05) is 17.7 Å². The van der Waals surface area contributed by atoms with Crippen LogP contribution in [0.5, 0.6) is 5.75 Å². The fourth-order valence-corrected chi connectivity index (χ4v) is 3.05. The minimum Gasteiger partial charge on any atom is -0.487 e. The molecule has 1 atom stereocenters. The molecule has 1 unspecified atom stereocenters. The van der Waals surface area contributed by atoms with Gasteiger partial charge >= 0.3 is 0 Å². The van der Waals surface area contributed by atoms with Crippen LogP contribution in [-0.4, -0.2) is 11.5 Å². The summed E-state index contributed by atoms with van der Waals surface area (Å²) in [6, 6.07) is 8.29. The predicted octanol–water partition coefficient (Wildman–Crippen LogP) is 3.29. The molecule has 1 amide bonds. The van der Waals surface area contributed by atoms with E-state index in [1.54, 1.807) is 6.92 Å². The van der Waals surface area contributed by atoms with Crippen molar-refractivity contribution < 1.29 is 13.9 Å². The Balaban J connectivity index is 1.93. The van der Waals surface area contributed by atoms with Gasteiger partial charge in [-0.2, -0.15) is 0 Å². The van der Waals surface area contributed by atoms with E-state index in [2.05, 4.69) is 5.32 Å². The van der Waals surface area contributed by atoms with Crippen LogP contribution in [-0.2, 0) is 0 Å². The molecule has 0 saturated heterocycles. The Morgan fingerprint density at radius 2 is 1.96 bits per heavy atom. The summed E-state index contributed by atoms with van der Waals surface area (Å²) in [6.45, 7) is 7.62. The molecule has 0 fully saturated rings. The van der Waals surface area contributed by atoms with Gasteiger partial charge in [0, 0.05) is 24.1 Å². The zero-order chi connectivity index (χ0) is 17.5. The van der Waals surface area contributed by atoms with Gasteiger partial charge in [0.05, 0.1) is 6.04 Å². The lowest BCUT2D eigenvalue weighted by Crippen LogP contribution is -2.41. The Morgan fingerprint density at radius 1 is 1.21 bits per heavy atom. The Kier molecular flexibility index (Phi) is 3.95. The fourth-order valence-electron chi connectivity index (χ4n) is 3.05. The highest BCUT2D eigenvalue weighted by Gasteiger charge is 2.35. The summed E-state index contributed by atoms with van der Waals surface area (Å²) < 4.78 is 11.4. The van der Waals surface area contributed by atoms with Gasteiger partial charge in [0.25, 0.3) is 5.91 Å². The summed E-state index contributed by atoms with van der Waals surface area (Å²) in [5.74, 6) is 0.813. The van der Waals surface area contributed by atoms with Crippen LogP contribution in [0.1, 0.15) is 53.8 Å². The Morgan fingerprint density at radius 3 is 2.67 bits per heavy atom. The van der Waals surface area contributed by atoms with E-state index in [0.717, 1.165) is 16.9 Å². The molecule has 3 rings (SSSR count). The number of rotatable bonds is 2. The molecule has 5 heteroatoms. The summed E-state index contributed by atoms with van der Waals surface area (Å²) in [6.07, 6.45) is 0.630. The number of fused-ring (bicyclic) bond motifs is 1. The van der Waals surface area contributed by atoms with Crippen LogP contribution < -0.4 is 15.5 Å². The second-order valence-electron chi connectivity index (χ2n) is 6.90. The molecule has 2 heterocycles. The van der Waals surface area contributed by atoms with E-state index < -0.39 is 11.5 Å². The monoisotopic (exact) mass is 327 g/mol. The summed E-state index contributed by atoms with van der Waals surface area (Å²) in [5.41, 5.74) is 1.40. The molecule has 2 aromatic rings. The average Bonchev–Trinajstić information content (AvgIpc) is 2.46. The van der Waals surface area contributed by atoms with E-state index in [9.17, 15) is 9.59 Å². The highest BCUT2D eigenvalue weighted by Crippen LogP contribution is 2.39. The van der Waals surface area contributed by atoms with Crippen molar-refractivity contribution in [2.75, 3.05) is 0 Å². The highest BCUT2D eigenvalue weighted by molar-refractivity contribution is 5.91. The van der Waals surface area contributed by atoms with Gasteiger partial charge in [-0.3, -0.25) is 9.59 Å². The predicted molar refractivity (Wildman–Crippen MR) is 90.4 cm³/mol. The van der Waals surface area contributed by atoms with Crippen LogP contribution in [0.3, 0.4) is 0 Å². The molecule has 0 saturated carbocycles. The molecule has 1 aromatic carbocycles. The van der Waals surface area contributed by atoms with Crippen LogP contribution in [0.15, 0.2) is 39.5 Å². The average molecular weight is 327 g/mol. The van der Waals surface area contributed by atoms with Gasteiger partial charge in [-0.25, -0.2) is 0 Å². The smallest absolute Gasteiger partial charge is 0.287 e. The van der Waals surface area contributed by atoms with Gasteiger partial charge in [0.15, 0.2) is 11.2 Å². The molecule has 0 radical (unpaired) electrons. The Bertz CT molecular complexity index is 851. The maximum Gasteiger partial charge on any atom is 0.287 e. The zero-order valence-corrected chi connectivity index (χ0v) is 14.3. The van der Waals surface area contributed by atoms with Crippen molar-refractivity contribution >= 4 is 5.91 Å². The lowest BCUT2D eigenvalue weighted by Gasteiger charge is -2.38. The standard InChI is InChI=1S/C19H21NO4/c1-11-5-6-16-14(7-11)15(10-19(3,4)24-16)20-18(22)17-9-13(21)8-12(2)23-17/h5-9,15H,10H2,1-4H3,(H,20,22). The first kappa shape index (κ1) is 16.3. The molecule has 24 heavy (non-hydrogen) atoms. The van der Waals surface area contributed by atoms with Gasteiger partial charge in [0.2, 0.25) is 0 Å². The van der Waals surface area contributed by atoms with Crippen LogP contribution in [0.2, 0.25) is 0 Å². The largest absolute Gasteiger partial charge is 0.487 e. The molecule has 1 aliphatic rings. The number of hydrogen-bond donors (Lipinski definition) is 1. The first-order valence-corrected chi connectivity index (χ1v) is 7.96. The van der Waals surface area contributed by atoms with Crippen molar-refractivity contribution in [3.63, 3.8) is 0 Å². The lowest BCUT2D eigenvalue weighted by molar-refractivity contribution is 0.0609. The number of benzene rings is 1. The van der Waals surface area contributed by atoms with E-state index in [0.29, 0.717) is 12.2 Å². The highest BCUT2D eigenvalue weighted by atomic mass is 16.5. The molecule has 1 aliphatic heterocycles. The number of hydrogen-bond acceptors (Lipinski definition) is 4. The van der Waals surface area contributed by atoms with E-state index in [-0.39, 0.29) is 17.2 Å². The molecule has 5 nitrogen and oxygen atoms in total. The van der Waals surface area contributed by atoms with Crippen molar-refractivity contribution in [3.8, 4) is 5.75 Å². The maximum atomic E-state index is 12.5. The first-order valence-electron chi connectivity index (χ1n) is 7.96. The second-order valence-corrected chi connectivity index (χ2v) is 6.90. The molecule has 0 bridgehead atoms. The van der Waals surface area contributed by atoms with Crippen LogP contribution in [0.25, 0.3) is 0 Å². The third-order valence-electron chi connectivity index (χ3n) is 4.04. The molecular formula is C19H21NO4. The summed E-state index contributed by atoms with van der Waals surface area (Å²) >= 11 is 0. The second kappa shape index (κ2) is 5.82. The van der Waals surface area contributed by atoms with Crippen molar-refractivity contribution in [1.82, 2.24) is 5.32 Å². The Hall–Kier alpha value is -2.56. The fraction of sp³-hybridized carbons (Fsp3) is 0.368. The van der Waals surface area contributed by atoms with Crippen molar-refractivity contribution in [3.05, 3.63) is 63.2 Å². The lowest BCUT2D eigenvalue weighted by atomic mass is 9.89. The SMILES string of the molecule is Cc1ccc2c(c1)C(NC(=O)c1cc(=O)cc(C)o1)CC(C)(C)O2. The first-order chi connectivity index (χ1) is 11.2. The van der Waals surface area contributed by atoms with Crippen LogP contribution >= 0.6 is 0 Å². The van der Waals surface area contributed by atoms with E-state index in [1.807, 2.05) is 39.0 Å². The summed E-state index contributed by atoms with van der Waals surface area (Å²) in [4.78, 5) is 24.1. The molecular weight excluding hydrogens is 306 g/mol. The minimum atomic E-state index is -0.397. The minimum absolute atomic E-state index is 0.0264.